The van der Waals surface area contributed by atoms with Gasteiger partial charge in [-0.25, -0.2) is 9.97 Å². The molecule has 2 heterocycles. The lowest BCUT2D eigenvalue weighted by Crippen LogP contribution is -2.21. The average Bonchev–Trinajstić information content (AvgIpc) is 2.72. The Hall–Kier alpha value is -1.83. The van der Waals surface area contributed by atoms with Crippen molar-refractivity contribution < 1.29 is 13.2 Å². The van der Waals surface area contributed by atoms with Crippen LogP contribution in [0.2, 0.25) is 0 Å². The second-order valence-corrected chi connectivity index (χ2v) is 6.13. The third-order valence-electron chi connectivity index (χ3n) is 2.70. The van der Waals surface area contributed by atoms with Crippen molar-refractivity contribution in [3.63, 3.8) is 0 Å². The van der Waals surface area contributed by atoms with E-state index in [4.69, 9.17) is 5.73 Å². The number of alkyl halides is 3. The van der Waals surface area contributed by atoms with Crippen LogP contribution in [0.15, 0.2) is 18.2 Å². The molecular formula is C13H15F3N4S. The zero-order valence-corrected chi connectivity index (χ0v) is 12.3. The molecule has 0 aliphatic carbocycles. The molecule has 0 spiro atoms. The Morgan fingerprint density at radius 3 is 2.62 bits per heavy atom. The van der Waals surface area contributed by atoms with Crippen LogP contribution in [-0.4, -0.2) is 16.0 Å². The summed E-state index contributed by atoms with van der Waals surface area (Å²) in [4.78, 5) is 9.03. The first-order valence-corrected chi connectivity index (χ1v) is 7.09. The smallest absolute Gasteiger partial charge is 0.384 e. The first-order chi connectivity index (χ1) is 9.74. The lowest BCUT2D eigenvalue weighted by atomic mass is 10.2. The van der Waals surface area contributed by atoms with Crippen molar-refractivity contribution in [3.05, 3.63) is 33.8 Å². The standard InChI is InChI=1S/C13H15F3N4S/c1-7(5-9-4-3-8(2)21-9)18-11-6-10(17)19-12(20-11)13(14,15)16/h3-4,6-7H,5H2,1-2H3,(H3,17,18,19,20). The largest absolute Gasteiger partial charge is 0.451 e. The van der Waals surface area contributed by atoms with E-state index in [0.717, 1.165) is 4.88 Å². The van der Waals surface area contributed by atoms with Crippen LogP contribution in [0.5, 0.6) is 0 Å². The highest BCUT2D eigenvalue weighted by Crippen LogP contribution is 2.28. The number of thiophene rings is 1. The molecule has 0 saturated heterocycles. The number of hydrogen-bond acceptors (Lipinski definition) is 5. The summed E-state index contributed by atoms with van der Waals surface area (Å²) in [6, 6.07) is 5.24. The molecule has 0 saturated carbocycles. The maximum Gasteiger partial charge on any atom is 0.451 e. The van der Waals surface area contributed by atoms with E-state index >= 15 is 0 Å². The Bertz CT molecular complexity index is 624. The van der Waals surface area contributed by atoms with Crippen molar-refractivity contribution in [2.45, 2.75) is 32.5 Å². The summed E-state index contributed by atoms with van der Waals surface area (Å²) < 4.78 is 37.9. The first kappa shape index (κ1) is 15.6. The summed E-state index contributed by atoms with van der Waals surface area (Å²) in [5.41, 5.74) is 5.40. The Morgan fingerprint density at radius 1 is 1.33 bits per heavy atom. The molecule has 0 aliphatic heterocycles. The van der Waals surface area contributed by atoms with E-state index in [9.17, 15) is 13.2 Å². The van der Waals surface area contributed by atoms with Crippen molar-refractivity contribution in [2.75, 3.05) is 11.1 Å². The number of rotatable bonds is 4. The van der Waals surface area contributed by atoms with Gasteiger partial charge in [-0.1, -0.05) is 0 Å². The van der Waals surface area contributed by atoms with Crippen LogP contribution in [0, 0.1) is 6.92 Å². The van der Waals surface area contributed by atoms with Crippen LogP contribution in [0.3, 0.4) is 0 Å². The second kappa shape index (κ2) is 5.88. The molecule has 2 aromatic heterocycles. The molecule has 2 rings (SSSR count). The normalized spacial score (nSPS) is 13.2. The average molecular weight is 316 g/mol. The van der Waals surface area contributed by atoms with Gasteiger partial charge in [-0.3, -0.25) is 0 Å². The molecule has 0 radical (unpaired) electrons. The minimum absolute atomic E-state index is 0.0709. The lowest BCUT2D eigenvalue weighted by molar-refractivity contribution is -0.144. The molecule has 0 bridgehead atoms. The molecule has 1 unspecified atom stereocenters. The predicted octanol–water partition coefficient (Wildman–Crippen LogP) is 3.49. The van der Waals surface area contributed by atoms with Crippen LogP contribution in [0.25, 0.3) is 0 Å². The molecule has 114 valence electrons. The zero-order chi connectivity index (χ0) is 15.6. The monoisotopic (exact) mass is 316 g/mol. The number of nitrogens with one attached hydrogen (secondary N) is 1. The Kier molecular flexibility index (Phi) is 4.36. The minimum Gasteiger partial charge on any atom is -0.384 e. The van der Waals surface area contributed by atoms with Gasteiger partial charge in [-0.15, -0.1) is 11.3 Å². The van der Waals surface area contributed by atoms with Gasteiger partial charge in [0.15, 0.2) is 0 Å². The summed E-state index contributed by atoms with van der Waals surface area (Å²) in [6.07, 6.45) is -3.91. The molecule has 0 aliphatic rings. The van der Waals surface area contributed by atoms with E-state index in [1.807, 2.05) is 26.0 Å². The summed E-state index contributed by atoms with van der Waals surface area (Å²) in [5, 5.41) is 2.93. The highest BCUT2D eigenvalue weighted by atomic mass is 32.1. The maximum atomic E-state index is 12.6. The van der Waals surface area contributed by atoms with Crippen molar-refractivity contribution in [2.24, 2.45) is 0 Å². The molecule has 0 amide bonds. The van der Waals surface area contributed by atoms with Crippen LogP contribution < -0.4 is 11.1 Å². The highest BCUT2D eigenvalue weighted by Gasteiger charge is 2.35. The van der Waals surface area contributed by atoms with Gasteiger partial charge in [0.2, 0.25) is 5.82 Å². The van der Waals surface area contributed by atoms with E-state index in [-0.39, 0.29) is 17.7 Å². The van der Waals surface area contributed by atoms with Crippen molar-refractivity contribution in [1.29, 1.82) is 0 Å². The maximum absolute atomic E-state index is 12.6. The molecule has 4 nitrogen and oxygen atoms in total. The second-order valence-electron chi connectivity index (χ2n) is 4.76. The quantitative estimate of drug-likeness (QED) is 0.906. The van der Waals surface area contributed by atoms with Gasteiger partial charge in [0, 0.05) is 28.3 Å². The molecule has 0 aromatic carbocycles. The molecule has 3 N–H and O–H groups in total. The van der Waals surface area contributed by atoms with Crippen molar-refractivity contribution in [1.82, 2.24) is 9.97 Å². The molecular weight excluding hydrogens is 301 g/mol. The number of aryl methyl sites for hydroxylation is 1. The van der Waals surface area contributed by atoms with E-state index in [1.54, 1.807) is 11.3 Å². The first-order valence-electron chi connectivity index (χ1n) is 6.27. The van der Waals surface area contributed by atoms with Gasteiger partial charge in [0.25, 0.3) is 0 Å². The van der Waals surface area contributed by atoms with Gasteiger partial charge in [0.05, 0.1) is 0 Å². The molecule has 8 heteroatoms. The summed E-state index contributed by atoms with van der Waals surface area (Å²) in [6.45, 7) is 3.88. The number of anilines is 2. The van der Waals surface area contributed by atoms with Crippen LogP contribution >= 0.6 is 11.3 Å². The summed E-state index contributed by atoms with van der Waals surface area (Å²) >= 11 is 1.66. The Labute approximate surface area is 124 Å². The summed E-state index contributed by atoms with van der Waals surface area (Å²) in [7, 11) is 0. The molecule has 21 heavy (non-hydrogen) atoms. The van der Waals surface area contributed by atoms with E-state index in [2.05, 4.69) is 15.3 Å². The molecule has 0 fully saturated rings. The van der Waals surface area contributed by atoms with Gasteiger partial charge < -0.3 is 11.1 Å². The highest BCUT2D eigenvalue weighted by molar-refractivity contribution is 7.11. The van der Waals surface area contributed by atoms with E-state index in [0.29, 0.717) is 6.42 Å². The van der Waals surface area contributed by atoms with E-state index in [1.165, 1.54) is 10.9 Å². The predicted molar refractivity (Wildman–Crippen MR) is 77.3 cm³/mol. The fourth-order valence-corrected chi connectivity index (χ4v) is 2.89. The molecule has 1 atom stereocenters. The van der Waals surface area contributed by atoms with Crippen LogP contribution in [0.1, 0.15) is 22.5 Å². The number of hydrogen-bond donors (Lipinski definition) is 2. The summed E-state index contributed by atoms with van der Waals surface area (Å²) in [5.74, 6) is -1.36. The number of nitrogens with two attached hydrogens (primary N) is 1. The third-order valence-corrected chi connectivity index (χ3v) is 3.72. The fraction of sp³-hybridized carbons (Fsp3) is 0.385. The number of nitrogen functional groups attached to an aromatic ring is 1. The lowest BCUT2D eigenvalue weighted by Gasteiger charge is -2.15. The van der Waals surface area contributed by atoms with Crippen molar-refractivity contribution >= 4 is 23.0 Å². The van der Waals surface area contributed by atoms with Gasteiger partial charge in [0.1, 0.15) is 11.6 Å². The minimum atomic E-state index is -4.61. The zero-order valence-electron chi connectivity index (χ0n) is 11.5. The topological polar surface area (TPSA) is 63.8 Å². The number of nitrogens with zero attached hydrogens (tertiary/aromatic N) is 2. The molecule has 2 aromatic rings. The van der Waals surface area contributed by atoms with Crippen molar-refractivity contribution in [3.8, 4) is 0 Å². The van der Waals surface area contributed by atoms with Crippen LogP contribution in [-0.2, 0) is 12.6 Å². The van der Waals surface area contributed by atoms with Crippen LogP contribution in [0.4, 0.5) is 24.8 Å². The van der Waals surface area contributed by atoms with Gasteiger partial charge in [-0.2, -0.15) is 13.2 Å². The Morgan fingerprint density at radius 2 is 2.05 bits per heavy atom. The third kappa shape index (κ3) is 4.32. The Balaban J connectivity index is 2.10. The SMILES string of the molecule is Cc1ccc(CC(C)Nc2cc(N)nc(C(F)(F)F)n2)s1. The fourth-order valence-electron chi connectivity index (χ4n) is 1.87. The van der Waals surface area contributed by atoms with Gasteiger partial charge >= 0.3 is 6.18 Å². The van der Waals surface area contributed by atoms with Gasteiger partial charge in [-0.05, 0) is 26.0 Å². The van der Waals surface area contributed by atoms with E-state index < -0.39 is 12.0 Å². The number of aromatic nitrogens is 2. The number of halogens is 3.